The van der Waals surface area contributed by atoms with Gasteiger partial charge < -0.3 is 15.5 Å². The number of oxazole rings is 1. The van der Waals surface area contributed by atoms with Crippen LogP contribution in [-0.2, 0) is 0 Å². The highest BCUT2D eigenvalue weighted by atomic mass is 16.3. The number of aromatic nitrogens is 1. The molecule has 2 aromatic rings. The van der Waals surface area contributed by atoms with Crippen LogP contribution in [0.3, 0.4) is 0 Å². The van der Waals surface area contributed by atoms with E-state index in [2.05, 4.69) is 24.1 Å². The zero-order chi connectivity index (χ0) is 12.4. The maximum Gasteiger partial charge on any atom is 0.192 e. The molecule has 3 N–H and O–H groups in total. The Morgan fingerprint density at radius 3 is 2.82 bits per heavy atom. The molecule has 0 aliphatic heterocycles. The van der Waals surface area contributed by atoms with Gasteiger partial charge in [-0.05, 0) is 18.1 Å². The predicted molar refractivity (Wildman–Crippen MR) is 70.0 cm³/mol. The van der Waals surface area contributed by atoms with E-state index in [1.54, 1.807) is 0 Å². The van der Waals surface area contributed by atoms with Gasteiger partial charge in [-0.1, -0.05) is 13.8 Å². The summed E-state index contributed by atoms with van der Waals surface area (Å²) in [6.45, 7) is 6.78. The van der Waals surface area contributed by atoms with Gasteiger partial charge in [0.05, 0.1) is 0 Å². The third-order valence-corrected chi connectivity index (χ3v) is 2.91. The third-order valence-electron chi connectivity index (χ3n) is 2.91. The zero-order valence-electron chi connectivity index (χ0n) is 10.5. The van der Waals surface area contributed by atoms with Crippen LogP contribution in [0.2, 0.25) is 0 Å². The molecule has 0 fully saturated rings. The van der Waals surface area contributed by atoms with Gasteiger partial charge in [0.2, 0.25) is 0 Å². The highest BCUT2D eigenvalue weighted by Gasteiger charge is 2.11. The van der Waals surface area contributed by atoms with E-state index in [9.17, 15) is 0 Å². The average Bonchev–Trinajstić information content (AvgIpc) is 2.64. The summed E-state index contributed by atoms with van der Waals surface area (Å²) in [5, 5.41) is 3.42. The largest absolute Gasteiger partial charge is 0.441 e. The topological polar surface area (TPSA) is 64.1 Å². The monoisotopic (exact) mass is 233 g/mol. The Balaban J connectivity index is 2.23. The summed E-state index contributed by atoms with van der Waals surface area (Å²) in [4.78, 5) is 4.27. The van der Waals surface area contributed by atoms with Gasteiger partial charge in [0.25, 0.3) is 0 Å². The molecule has 4 heteroatoms. The second-order valence-corrected chi connectivity index (χ2v) is 4.65. The van der Waals surface area contributed by atoms with E-state index < -0.39 is 0 Å². The van der Waals surface area contributed by atoms with E-state index in [-0.39, 0.29) is 6.04 Å². The lowest BCUT2D eigenvalue weighted by Crippen LogP contribution is -2.33. The summed E-state index contributed by atoms with van der Waals surface area (Å²) in [7, 11) is 0. The molecule has 17 heavy (non-hydrogen) atoms. The van der Waals surface area contributed by atoms with E-state index in [4.69, 9.17) is 10.2 Å². The van der Waals surface area contributed by atoms with Crippen molar-refractivity contribution in [2.45, 2.75) is 26.8 Å². The number of aryl methyl sites for hydroxylation is 1. The standard InChI is InChI=1S/C13H19N3O/c1-8(2)12(7-14)16-10-4-5-11-13(6-10)17-9(3)15-11/h4-6,8,12,16H,7,14H2,1-3H3. The molecule has 0 aliphatic rings. The fourth-order valence-electron chi connectivity index (χ4n) is 1.84. The Hall–Kier alpha value is -1.55. The molecule has 1 unspecified atom stereocenters. The second kappa shape index (κ2) is 4.75. The zero-order valence-corrected chi connectivity index (χ0v) is 10.5. The first-order valence-electron chi connectivity index (χ1n) is 5.94. The number of fused-ring (bicyclic) bond motifs is 1. The first-order valence-corrected chi connectivity index (χ1v) is 5.94. The van der Waals surface area contributed by atoms with Crippen LogP contribution in [0.1, 0.15) is 19.7 Å². The predicted octanol–water partition coefficient (Wildman–Crippen LogP) is 2.53. The quantitative estimate of drug-likeness (QED) is 0.851. The van der Waals surface area contributed by atoms with Crippen LogP contribution in [0.25, 0.3) is 11.1 Å². The molecular weight excluding hydrogens is 214 g/mol. The molecule has 2 rings (SSSR count). The Morgan fingerprint density at radius 2 is 2.18 bits per heavy atom. The Kier molecular flexibility index (Phi) is 3.33. The van der Waals surface area contributed by atoms with Gasteiger partial charge in [0.1, 0.15) is 5.52 Å². The maximum atomic E-state index is 5.74. The first kappa shape index (κ1) is 11.9. The van der Waals surface area contributed by atoms with E-state index in [1.165, 1.54) is 0 Å². The summed E-state index contributed by atoms with van der Waals surface area (Å²) in [6, 6.07) is 6.22. The van der Waals surface area contributed by atoms with Crippen LogP contribution in [0.15, 0.2) is 22.6 Å². The molecule has 0 aliphatic carbocycles. The van der Waals surface area contributed by atoms with Gasteiger partial charge in [0.15, 0.2) is 11.5 Å². The lowest BCUT2D eigenvalue weighted by Gasteiger charge is -2.21. The molecule has 0 saturated heterocycles. The number of benzene rings is 1. The van der Waals surface area contributed by atoms with Crippen molar-refractivity contribution in [3.05, 3.63) is 24.1 Å². The van der Waals surface area contributed by atoms with E-state index in [1.807, 2.05) is 25.1 Å². The van der Waals surface area contributed by atoms with Crippen LogP contribution in [-0.4, -0.2) is 17.6 Å². The second-order valence-electron chi connectivity index (χ2n) is 4.65. The van der Waals surface area contributed by atoms with Crippen molar-refractivity contribution in [1.82, 2.24) is 4.98 Å². The number of nitrogens with one attached hydrogen (secondary N) is 1. The number of rotatable bonds is 4. The van der Waals surface area contributed by atoms with Crippen molar-refractivity contribution < 1.29 is 4.42 Å². The highest BCUT2D eigenvalue weighted by Crippen LogP contribution is 2.21. The summed E-state index contributed by atoms with van der Waals surface area (Å²) in [5.74, 6) is 1.18. The SMILES string of the molecule is Cc1nc2ccc(NC(CN)C(C)C)cc2o1. The van der Waals surface area contributed by atoms with Crippen molar-refractivity contribution in [2.75, 3.05) is 11.9 Å². The van der Waals surface area contributed by atoms with Crippen LogP contribution in [0, 0.1) is 12.8 Å². The Labute approximate surface area is 101 Å². The van der Waals surface area contributed by atoms with Gasteiger partial charge in [0, 0.05) is 31.3 Å². The van der Waals surface area contributed by atoms with E-state index in [0.29, 0.717) is 18.4 Å². The number of nitrogens with zero attached hydrogens (tertiary/aromatic N) is 1. The smallest absolute Gasteiger partial charge is 0.192 e. The molecule has 0 bridgehead atoms. The summed E-state index contributed by atoms with van der Waals surface area (Å²) >= 11 is 0. The van der Waals surface area contributed by atoms with Gasteiger partial charge in [-0.25, -0.2) is 4.98 Å². The van der Waals surface area contributed by atoms with Crippen LogP contribution < -0.4 is 11.1 Å². The van der Waals surface area contributed by atoms with Gasteiger partial charge in [-0.3, -0.25) is 0 Å². The van der Waals surface area contributed by atoms with Crippen molar-refractivity contribution >= 4 is 16.8 Å². The molecule has 0 radical (unpaired) electrons. The minimum absolute atomic E-state index is 0.275. The van der Waals surface area contributed by atoms with Crippen molar-refractivity contribution in [1.29, 1.82) is 0 Å². The molecule has 1 aromatic carbocycles. The van der Waals surface area contributed by atoms with Crippen LogP contribution in [0.4, 0.5) is 5.69 Å². The normalized spacial score (nSPS) is 13.2. The number of hydrogen-bond donors (Lipinski definition) is 2. The number of hydrogen-bond acceptors (Lipinski definition) is 4. The van der Waals surface area contributed by atoms with E-state index in [0.717, 1.165) is 16.8 Å². The summed E-state index contributed by atoms with van der Waals surface area (Å²) in [6.07, 6.45) is 0. The maximum absolute atomic E-state index is 5.74. The summed E-state index contributed by atoms with van der Waals surface area (Å²) in [5.41, 5.74) is 8.47. The fraction of sp³-hybridized carbons (Fsp3) is 0.462. The molecule has 92 valence electrons. The molecule has 0 amide bonds. The third kappa shape index (κ3) is 2.58. The molecule has 1 aromatic heterocycles. The van der Waals surface area contributed by atoms with Crippen molar-refractivity contribution in [3.63, 3.8) is 0 Å². The first-order chi connectivity index (χ1) is 8.10. The molecule has 4 nitrogen and oxygen atoms in total. The lowest BCUT2D eigenvalue weighted by molar-refractivity contribution is 0.531. The molecule has 0 spiro atoms. The number of anilines is 1. The highest BCUT2D eigenvalue weighted by molar-refractivity contribution is 5.77. The van der Waals surface area contributed by atoms with Crippen LogP contribution in [0.5, 0.6) is 0 Å². The minimum atomic E-state index is 0.275. The molecular formula is C13H19N3O. The summed E-state index contributed by atoms with van der Waals surface area (Å²) < 4.78 is 5.50. The Morgan fingerprint density at radius 1 is 1.41 bits per heavy atom. The van der Waals surface area contributed by atoms with Gasteiger partial charge in [-0.2, -0.15) is 0 Å². The lowest BCUT2D eigenvalue weighted by atomic mass is 10.0. The van der Waals surface area contributed by atoms with Gasteiger partial charge in [-0.15, -0.1) is 0 Å². The average molecular weight is 233 g/mol. The van der Waals surface area contributed by atoms with Crippen molar-refractivity contribution in [2.24, 2.45) is 11.7 Å². The molecule has 1 heterocycles. The van der Waals surface area contributed by atoms with Crippen LogP contribution >= 0.6 is 0 Å². The molecule has 0 saturated carbocycles. The minimum Gasteiger partial charge on any atom is -0.441 e. The molecule has 1 atom stereocenters. The van der Waals surface area contributed by atoms with Gasteiger partial charge >= 0.3 is 0 Å². The van der Waals surface area contributed by atoms with E-state index >= 15 is 0 Å². The Bertz CT molecular complexity index is 504. The fourth-order valence-corrected chi connectivity index (χ4v) is 1.84. The van der Waals surface area contributed by atoms with Crippen molar-refractivity contribution in [3.8, 4) is 0 Å². The number of nitrogens with two attached hydrogens (primary N) is 1.